The molecule has 1 aromatic rings. The fourth-order valence-electron chi connectivity index (χ4n) is 3.19. The third kappa shape index (κ3) is 3.70. The van der Waals surface area contributed by atoms with E-state index in [0.717, 1.165) is 30.8 Å². The third-order valence-corrected chi connectivity index (χ3v) is 4.57. The molecule has 0 radical (unpaired) electrons. The van der Waals surface area contributed by atoms with Gasteiger partial charge in [0.1, 0.15) is 12.4 Å². The molecule has 2 aliphatic rings. The van der Waals surface area contributed by atoms with Crippen molar-refractivity contribution in [2.24, 2.45) is 5.92 Å². The highest BCUT2D eigenvalue weighted by molar-refractivity contribution is 5.67. The van der Waals surface area contributed by atoms with Crippen molar-refractivity contribution < 1.29 is 14.3 Å². The Kier molecular flexibility index (Phi) is 5.04. The zero-order valence-electron chi connectivity index (χ0n) is 13.8. The summed E-state index contributed by atoms with van der Waals surface area (Å²) in [7, 11) is 0. The van der Waals surface area contributed by atoms with E-state index in [4.69, 9.17) is 9.47 Å². The summed E-state index contributed by atoms with van der Waals surface area (Å²) in [5, 5.41) is 2.85. The zero-order valence-corrected chi connectivity index (χ0v) is 13.8. The standard InChI is InChI=1S/C20H23NO3/c1-3-6-14(4-2)13-24-20(22)21-12-15-11-18(15)16-7-5-8-19-17(16)9-10-23-19/h3-8,15,18H,1-2,9-13H2,(H,21,22). The molecule has 1 heterocycles. The van der Waals surface area contributed by atoms with Crippen molar-refractivity contribution >= 4 is 6.09 Å². The van der Waals surface area contributed by atoms with Crippen LogP contribution >= 0.6 is 0 Å². The number of hydrogen-bond donors (Lipinski definition) is 1. The minimum atomic E-state index is -0.390. The number of fused-ring (bicyclic) bond motifs is 1. The Bertz CT molecular complexity index is 677. The van der Waals surface area contributed by atoms with Gasteiger partial charge in [-0.25, -0.2) is 4.79 Å². The minimum absolute atomic E-state index is 0.207. The molecule has 1 fully saturated rings. The first-order chi connectivity index (χ1) is 11.7. The molecule has 1 aliphatic carbocycles. The van der Waals surface area contributed by atoms with Gasteiger partial charge < -0.3 is 14.8 Å². The van der Waals surface area contributed by atoms with Gasteiger partial charge in [0.15, 0.2) is 0 Å². The molecular formula is C20H23NO3. The average molecular weight is 325 g/mol. The van der Waals surface area contributed by atoms with Crippen LogP contribution in [-0.4, -0.2) is 25.9 Å². The fourth-order valence-corrected chi connectivity index (χ4v) is 3.19. The summed E-state index contributed by atoms with van der Waals surface area (Å²) in [6.45, 7) is 8.92. The Balaban J connectivity index is 1.45. The van der Waals surface area contributed by atoms with Gasteiger partial charge in [-0.1, -0.05) is 43.5 Å². The summed E-state index contributed by atoms with van der Waals surface area (Å²) >= 11 is 0. The van der Waals surface area contributed by atoms with Gasteiger partial charge in [-0.2, -0.15) is 0 Å². The molecule has 1 N–H and O–H groups in total. The van der Waals surface area contributed by atoms with Crippen molar-refractivity contribution in [3.05, 3.63) is 66.3 Å². The minimum Gasteiger partial charge on any atom is -0.493 e. The van der Waals surface area contributed by atoms with Crippen LogP contribution in [0.25, 0.3) is 0 Å². The Morgan fingerprint density at radius 2 is 2.29 bits per heavy atom. The van der Waals surface area contributed by atoms with Crippen molar-refractivity contribution in [3.63, 3.8) is 0 Å². The topological polar surface area (TPSA) is 47.6 Å². The van der Waals surface area contributed by atoms with Gasteiger partial charge in [-0.15, -0.1) is 0 Å². The second kappa shape index (κ2) is 7.39. The lowest BCUT2D eigenvalue weighted by molar-refractivity contribution is 0.156. The molecule has 24 heavy (non-hydrogen) atoms. The molecule has 0 spiro atoms. The Morgan fingerprint density at radius 3 is 3.08 bits per heavy atom. The van der Waals surface area contributed by atoms with Gasteiger partial charge in [0.05, 0.1) is 6.61 Å². The molecule has 126 valence electrons. The lowest BCUT2D eigenvalue weighted by Gasteiger charge is -2.08. The van der Waals surface area contributed by atoms with E-state index in [1.807, 2.05) is 6.07 Å². The number of carbonyl (C=O) groups excluding carboxylic acids is 1. The van der Waals surface area contributed by atoms with Crippen LogP contribution in [0.15, 0.2) is 55.2 Å². The molecular weight excluding hydrogens is 302 g/mol. The number of hydrogen-bond acceptors (Lipinski definition) is 3. The van der Waals surface area contributed by atoms with Crippen LogP contribution in [0.5, 0.6) is 5.75 Å². The second-order valence-electron chi connectivity index (χ2n) is 6.16. The Labute approximate surface area is 142 Å². The van der Waals surface area contributed by atoms with Gasteiger partial charge >= 0.3 is 6.09 Å². The van der Waals surface area contributed by atoms with Gasteiger partial charge in [0.25, 0.3) is 0 Å². The van der Waals surface area contributed by atoms with E-state index in [9.17, 15) is 4.79 Å². The summed E-state index contributed by atoms with van der Waals surface area (Å²) in [4.78, 5) is 11.8. The summed E-state index contributed by atoms with van der Waals surface area (Å²) in [5.41, 5.74) is 3.55. The van der Waals surface area contributed by atoms with E-state index >= 15 is 0 Å². The van der Waals surface area contributed by atoms with Gasteiger partial charge in [0.2, 0.25) is 0 Å². The lowest BCUT2D eigenvalue weighted by Crippen LogP contribution is -2.27. The van der Waals surface area contributed by atoms with Crippen LogP contribution in [0.4, 0.5) is 4.79 Å². The molecule has 2 atom stereocenters. The maximum Gasteiger partial charge on any atom is 0.407 e. The second-order valence-corrected chi connectivity index (χ2v) is 6.16. The highest BCUT2D eigenvalue weighted by Crippen LogP contribution is 2.50. The average Bonchev–Trinajstić information content (AvgIpc) is 3.21. The summed E-state index contributed by atoms with van der Waals surface area (Å²) < 4.78 is 10.8. The molecule has 1 saturated carbocycles. The largest absolute Gasteiger partial charge is 0.493 e. The van der Waals surface area contributed by atoms with Crippen molar-refractivity contribution in [1.29, 1.82) is 0 Å². The number of benzene rings is 1. The fraction of sp³-hybridized carbons (Fsp3) is 0.350. The normalized spacial score (nSPS) is 21.4. The lowest BCUT2D eigenvalue weighted by atomic mass is 10.00. The number of ether oxygens (including phenoxy) is 2. The third-order valence-electron chi connectivity index (χ3n) is 4.57. The number of amides is 1. The molecule has 3 rings (SSSR count). The predicted octanol–water partition coefficient (Wildman–Crippen LogP) is 3.75. The first kappa shape index (κ1) is 16.4. The Morgan fingerprint density at radius 1 is 1.42 bits per heavy atom. The van der Waals surface area contributed by atoms with E-state index in [0.29, 0.717) is 18.4 Å². The van der Waals surface area contributed by atoms with Crippen molar-refractivity contribution in [2.45, 2.75) is 18.8 Å². The number of alkyl carbamates (subject to hydrolysis) is 1. The van der Waals surface area contributed by atoms with Gasteiger partial charge in [-0.05, 0) is 35.5 Å². The molecule has 0 bridgehead atoms. The highest BCUT2D eigenvalue weighted by Gasteiger charge is 2.40. The van der Waals surface area contributed by atoms with E-state index < -0.39 is 0 Å². The molecule has 1 aliphatic heterocycles. The maximum absolute atomic E-state index is 11.8. The van der Waals surface area contributed by atoms with Crippen LogP contribution in [0.1, 0.15) is 23.5 Å². The van der Waals surface area contributed by atoms with E-state index in [1.165, 1.54) is 11.1 Å². The maximum atomic E-state index is 11.8. The van der Waals surface area contributed by atoms with Gasteiger partial charge in [0, 0.05) is 18.5 Å². The molecule has 4 heteroatoms. The van der Waals surface area contributed by atoms with Crippen LogP contribution in [0.3, 0.4) is 0 Å². The number of rotatable bonds is 7. The summed E-state index contributed by atoms with van der Waals surface area (Å²) in [6.07, 6.45) is 6.78. The number of allylic oxidation sites excluding steroid dienone is 2. The smallest absolute Gasteiger partial charge is 0.407 e. The summed E-state index contributed by atoms with van der Waals surface area (Å²) in [6, 6.07) is 6.28. The van der Waals surface area contributed by atoms with E-state index in [-0.39, 0.29) is 12.7 Å². The van der Waals surface area contributed by atoms with Crippen LogP contribution in [0, 0.1) is 5.92 Å². The molecule has 2 unspecified atom stereocenters. The van der Waals surface area contributed by atoms with E-state index in [2.05, 4.69) is 30.6 Å². The van der Waals surface area contributed by atoms with Gasteiger partial charge in [-0.3, -0.25) is 0 Å². The first-order valence-electron chi connectivity index (χ1n) is 8.32. The van der Waals surface area contributed by atoms with Crippen LogP contribution < -0.4 is 10.1 Å². The molecule has 1 amide bonds. The Hall–Kier alpha value is -2.49. The highest BCUT2D eigenvalue weighted by atomic mass is 16.5. The van der Waals surface area contributed by atoms with E-state index in [1.54, 1.807) is 18.2 Å². The van der Waals surface area contributed by atoms with Crippen LogP contribution in [0.2, 0.25) is 0 Å². The first-order valence-corrected chi connectivity index (χ1v) is 8.32. The van der Waals surface area contributed by atoms with Crippen LogP contribution in [-0.2, 0) is 11.2 Å². The molecule has 1 aromatic carbocycles. The molecule has 4 nitrogen and oxygen atoms in total. The molecule has 0 saturated heterocycles. The van der Waals surface area contributed by atoms with Crippen molar-refractivity contribution in [2.75, 3.05) is 19.8 Å². The number of carbonyl (C=O) groups is 1. The van der Waals surface area contributed by atoms with Crippen molar-refractivity contribution in [1.82, 2.24) is 5.32 Å². The zero-order chi connectivity index (χ0) is 16.9. The molecule has 0 aromatic heterocycles. The monoisotopic (exact) mass is 325 g/mol. The van der Waals surface area contributed by atoms with Crippen molar-refractivity contribution in [3.8, 4) is 5.75 Å². The summed E-state index contributed by atoms with van der Waals surface area (Å²) in [5.74, 6) is 2.02. The number of nitrogens with one attached hydrogen (secondary N) is 1. The predicted molar refractivity (Wildman–Crippen MR) is 94.3 cm³/mol. The SMILES string of the molecule is C=CC=C(C=C)COC(=O)NCC1CC1c1cccc2c1CCO2. The quantitative estimate of drug-likeness (QED) is 0.777.